The third-order valence-electron chi connectivity index (χ3n) is 6.40. The second-order valence-electron chi connectivity index (χ2n) is 9.93. The van der Waals surface area contributed by atoms with Crippen LogP contribution in [0.5, 0.6) is 17.6 Å². The molecule has 3 aromatic carbocycles. The van der Waals surface area contributed by atoms with Crippen LogP contribution >= 0.6 is 0 Å². The fourth-order valence-corrected chi connectivity index (χ4v) is 4.20. The molecule has 8 nitrogen and oxygen atoms in total. The van der Waals surface area contributed by atoms with Crippen LogP contribution in [-0.2, 0) is 26.5 Å². The molecule has 0 atom stereocenters. The first-order valence-electron chi connectivity index (χ1n) is 15.1. The SMILES string of the molecule is C1CCOC1.C[N-]C.[O-]c1ncccc1-c1ccccc1.[O-]c1ncccc1-c1ccccc1.[O-]c1ncccc1-c1ccccc1.[Ti+4]. The standard InChI is InChI=1S/3C11H9NO.C4H8O.C2H6N.Ti/c3*13-11-10(7-4-8-12-11)9-5-2-1-3-6-9;1-2-4-5-3-1;1-3-2;/h3*1-8H,(H,12,13);1-4H2;1-2H3;/q;;;;-1;+4/p-3. The molecule has 1 saturated heterocycles. The molecule has 7 rings (SSSR count). The van der Waals surface area contributed by atoms with Gasteiger partial charge in [0.05, 0.1) is 0 Å². The summed E-state index contributed by atoms with van der Waals surface area (Å²) in [6.45, 7) is 2.00. The van der Waals surface area contributed by atoms with Gasteiger partial charge in [0.2, 0.25) is 0 Å². The molecule has 48 heavy (non-hydrogen) atoms. The molecule has 9 heteroatoms. The van der Waals surface area contributed by atoms with Crippen molar-refractivity contribution in [2.24, 2.45) is 0 Å². The third-order valence-corrected chi connectivity index (χ3v) is 6.40. The minimum Gasteiger partial charge on any atom is -0.858 e. The van der Waals surface area contributed by atoms with Gasteiger partial charge in [-0.05, 0) is 82.1 Å². The van der Waals surface area contributed by atoms with Crippen molar-refractivity contribution in [1.29, 1.82) is 0 Å². The van der Waals surface area contributed by atoms with Crippen molar-refractivity contribution in [2.45, 2.75) is 12.8 Å². The predicted octanol–water partition coefficient (Wildman–Crippen LogP) is 6.88. The Hall–Kier alpha value is -4.86. The Morgan fingerprint density at radius 2 is 0.729 bits per heavy atom. The number of hydrogen-bond donors (Lipinski definition) is 0. The fourth-order valence-electron chi connectivity index (χ4n) is 4.20. The number of rotatable bonds is 3. The number of ether oxygens (including phenoxy) is 1. The van der Waals surface area contributed by atoms with Gasteiger partial charge < -0.3 is 25.4 Å². The van der Waals surface area contributed by atoms with Gasteiger partial charge in [-0.2, -0.15) is 14.1 Å². The molecule has 0 spiro atoms. The predicted molar refractivity (Wildman–Crippen MR) is 183 cm³/mol. The van der Waals surface area contributed by atoms with Crippen molar-refractivity contribution < 1.29 is 41.8 Å². The molecule has 0 bridgehead atoms. The Bertz CT molecular complexity index is 1490. The van der Waals surface area contributed by atoms with Crippen molar-refractivity contribution >= 4 is 0 Å². The average Bonchev–Trinajstić information content (AvgIpc) is 3.72. The summed E-state index contributed by atoms with van der Waals surface area (Å²) in [6, 6.07) is 39.2. The van der Waals surface area contributed by atoms with Crippen LogP contribution in [0.2, 0.25) is 0 Å². The zero-order chi connectivity index (χ0) is 33.5. The molecule has 6 aromatic rings. The van der Waals surface area contributed by atoms with Gasteiger partial charge in [0, 0.05) is 31.8 Å². The Kier molecular flexibility index (Phi) is 19.2. The van der Waals surface area contributed by atoms with E-state index in [-0.39, 0.29) is 39.4 Å². The van der Waals surface area contributed by atoms with E-state index < -0.39 is 0 Å². The van der Waals surface area contributed by atoms with Crippen molar-refractivity contribution in [1.82, 2.24) is 15.0 Å². The van der Waals surface area contributed by atoms with Gasteiger partial charge in [0.1, 0.15) is 0 Å². The van der Waals surface area contributed by atoms with Gasteiger partial charge in [0.15, 0.2) is 0 Å². The molecule has 1 aliphatic rings. The maximum atomic E-state index is 11.3. The van der Waals surface area contributed by atoms with Crippen LogP contribution in [-0.4, -0.2) is 42.3 Å². The Balaban J connectivity index is 0.000000222. The average molecular weight is 675 g/mol. The van der Waals surface area contributed by atoms with E-state index in [1.807, 2.05) is 91.0 Å². The second kappa shape index (κ2) is 23.5. The minimum absolute atomic E-state index is 0. The van der Waals surface area contributed by atoms with E-state index in [1.54, 1.807) is 50.5 Å². The summed E-state index contributed by atoms with van der Waals surface area (Å²) in [6.07, 6.45) is 7.08. The zero-order valence-electron chi connectivity index (χ0n) is 27.1. The van der Waals surface area contributed by atoms with E-state index in [1.165, 1.54) is 31.4 Å². The van der Waals surface area contributed by atoms with E-state index in [0.29, 0.717) is 16.7 Å². The zero-order valence-corrected chi connectivity index (χ0v) is 28.7. The number of aromatic nitrogens is 3. The van der Waals surface area contributed by atoms with E-state index in [9.17, 15) is 15.3 Å². The van der Waals surface area contributed by atoms with Crippen LogP contribution in [0.3, 0.4) is 0 Å². The van der Waals surface area contributed by atoms with Crippen LogP contribution in [0, 0.1) is 0 Å². The van der Waals surface area contributed by atoms with Gasteiger partial charge >= 0.3 is 21.7 Å². The molecule has 0 unspecified atom stereocenters. The van der Waals surface area contributed by atoms with Crippen molar-refractivity contribution in [2.75, 3.05) is 27.3 Å². The Labute approximate surface area is 298 Å². The summed E-state index contributed by atoms with van der Waals surface area (Å²) >= 11 is 0. The van der Waals surface area contributed by atoms with Crippen molar-refractivity contribution in [3.05, 3.63) is 151 Å². The van der Waals surface area contributed by atoms with Crippen molar-refractivity contribution in [3.63, 3.8) is 0 Å². The summed E-state index contributed by atoms with van der Waals surface area (Å²) < 4.78 is 4.94. The number of benzene rings is 3. The first-order valence-corrected chi connectivity index (χ1v) is 15.1. The molecular formula is C39H38N4O4Ti. The Morgan fingerprint density at radius 3 is 0.938 bits per heavy atom. The first-order chi connectivity index (χ1) is 23.0. The molecule has 1 fully saturated rings. The van der Waals surface area contributed by atoms with Crippen LogP contribution in [0.4, 0.5) is 0 Å². The summed E-state index contributed by atoms with van der Waals surface area (Å²) in [7, 11) is 3.50. The summed E-state index contributed by atoms with van der Waals surface area (Å²) in [5.74, 6) is -0.517. The van der Waals surface area contributed by atoms with Gasteiger partial charge in [-0.1, -0.05) is 109 Å². The van der Waals surface area contributed by atoms with Crippen molar-refractivity contribution in [3.8, 4) is 51.0 Å². The van der Waals surface area contributed by atoms with Crippen LogP contribution in [0.25, 0.3) is 38.7 Å². The van der Waals surface area contributed by atoms with E-state index in [4.69, 9.17) is 4.74 Å². The molecule has 1 aliphatic heterocycles. The largest absolute Gasteiger partial charge is 4.00 e. The number of nitrogens with zero attached hydrogens (tertiary/aromatic N) is 4. The van der Waals surface area contributed by atoms with Gasteiger partial charge in [-0.25, -0.2) is 0 Å². The molecule has 0 aliphatic carbocycles. The quantitative estimate of drug-likeness (QED) is 0.187. The maximum absolute atomic E-state index is 11.3. The molecule has 4 heterocycles. The topological polar surface area (TPSA) is 131 Å². The maximum Gasteiger partial charge on any atom is 4.00 e. The van der Waals surface area contributed by atoms with Gasteiger partial charge in [-0.3, -0.25) is 15.0 Å². The van der Waals surface area contributed by atoms with E-state index in [0.717, 1.165) is 29.9 Å². The van der Waals surface area contributed by atoms with Gasteiger partial charge in [-0.15, -0.1) is 0 Å². The van der Waals surface area contributed by atoms with Crippen LogP contribution in [0.15, 0.2) is 146 Å². The fraction of sp³-hybridized carbons (Fsp3) is 0.154. The summed E-state index contributed by atoms with van der Waals surface area (Å²) in [5, 5.41) is 37.4. The summed E-state index contributed by atoms with van der Waals surface area (Å²) in [5.41, 5.74) is 4.72. The van der Waals surface area contributed by atoms with Crippen LogP contribution < -0.4 is 15.3 Å². The smallest absolute Gasteiger partial charge is 0.858 e. The number of pyridine rings is 3. The Morgan fingerprint density at radius 1 is 0.458 bits per heavy atom. The minimum atomic E-state index is -0.172. The normalized spacial score (nSPS) is 10.9. The van der Waals surface area contributed by atoms with E-state index >= 15 is 0 Å². The summed E-state index contributed by atoms with van der Waals surface area (Å²) in [4.78, 5) is 11.1. The van der Waals surface area contributed by atoms with Gasteiger partial charge in [0.25, 0.3) is 0 Å². The monoisotopic (exact) mass is 674 g/mol. The third kappa shape index (κ3) is 13.9. The van der Waals surface area contributed by atoms with Crippen LogP contribution in [0.1, 0.15) is 12.8 Å². The second-order valence-corrected chi connectivity index (χ2v) is 9.93. The first kappa shape index (κ1) is 39.3. The molecule has 0 saturated carbocycles. The molecular weight excluding hydrogens is 636 g/mol. The molecule has 3 aromatic heterocycles. The molecule has 0 amide bonds. The van der Waals surface area contributed by atoms with E-state index in [2.05, 4.69) is 20.3 Å². The number of hydrogen-bond acceptors (Lipinski definition) is 7. The molecule has 242 valence electrons. The molecule has 0 radical (unpaired) electrons. The molecule has 0 N–H and O–H groups in total.